The van der Waals surface area contributed by atoms with E-state index < -0.39 is 22.2 Å². The summed E-state index contributed by atoms with van der Waals surface area (Å²) in [7, 11) is 5.43. The summed E-state index contributed by atoms with van der Waals surface area (Å²) in [4.78, 5) is 42.2. The number of nitrogens with zero attached hydrogens (tertiary/aromatic N) is 3. The van der Waals surface area contributed by atoms with E-state index in [9.17, 15) is 19.7 Å². The first kappa shape index (κ1) is 29.0. The summed E-state index contributed by atoms with van der Waals surface area (Å²) in [6.45, 7) is 1.02. The second kappa shape index (κ2) is 12.8. The molecule has 1 aliphatic rings. The van der Waals surface area contributed by atoms with Gasteiger partial charge in [-0.3, -0.25) is 14.9 Å². The smallest absolute Gasteiger partial charge is 0.338 e. The number of rotatable bonds is 8. The third kappa shape index (κ3) is 6.45. The van der Waals surface area contributed by atoms with Gasteiger partial charge >= 0.3 is 5.97 Å². The zero-order valence-electron chi connectivity index (χ0n) is 21.1. The first-order chi connectivity index (χ1) is 17.8. The number of nitro benzene ring substituents is 1. The molecule has 0 aliphatic carbocycles. The third-order valence-electron chi connectivity index (χ3n) is 5.96. The Morgan fingerprint density at radius 1 is 1.05 bits per heavy atom. The van der Waals surface area contributed by atoms with Gasteiger partial charge in [0, 0.05) is 30.1 Å². The van der Waals surface area contributed by atoms with Crippen LogP contribution < -0.4 is 9.64 Å². The van der Waals surface area contributed by atoms with Crippen LogP contribution in [0.1, 0.15) is 21.2 Å². The number of likely N-dealkylation sites (N-methyl/N-ethyl adjacent to an activating group) is 1. The lowest BCUT2D eigenvalue weighted by molar-refractivity contribution is -0.384. The molecule has 0 unspecified atom stereocenters. The predicted molar refractivity (Wildman–Crippen MR) is 148 cm³/mol. The van der Waals surface area contributed by atoms with Crippen molar-refractivity contribution in [2.75, 3.05) is 39.2 Å². The number of para-hydroxylation sites is 1. The minimum atomic E-state index is -1.14. The molecule has 0 radical (unpaired) electrons. The number of carbonyl (C=O) groups excluding carboxylic acids is 2. The van der Waals surface area contributed by atoms with Crippen molar-refractivity contribution in [3.05, 3.63) is 94.0 Å². The summed E-state index contributed by atoms with van der Waals surface area (Å²) < 4.78 is 11.2. The van der Waals surface area contributed by atoms with Crippen LogP contribution in [0.2, 0.25) is 0 Å². The number of methoxy groups -OCH3 is 1. The summed E-state index contributed by atoms with van der Waals surface area (Å²) in [6, 6.07) is 20.1. The van der Waals surface area contributed by atoms with Gasteiger partial charge in [-0.05, 0) is 56.1 Å². The van der Waals surface area contributed by atoms with Gasteiger partial charge in [-0.1, -0.05) is 24.3 Å². The molecule has 0 bridgehead atoms. The third-order valence-corrected chi connectivity index (χ3v) is 7.33. The van der Waals surface area contributed by atoms with Crippen molar-refractivity contribution < 1.29 is 24.0 Å². The minimum absolute atomic E-state index is 0. The molecular weight excluding hydrogens is 530 g/mol. The van der Waals surface area contributed by atoms with Crippen molar-refractivity contribution in [3.63, 3.8) is 0 Å². The average molecular weight is 558 g/mol. The van der Waals surface area contributed by atoms with Crippen molar-refractivity contribution in [1.29, 1.82) is 0 Å². The number of benzene rings is 3. The van der Waals surface area contributed by atoms with E-state index in [1.54, 1.807) is 24.1 Å². The zero-order valence-corrected chi connectivity index (χ0v) is 22.7. The normalized spacial score (nSPS) is 16.7. The summed E-state index contributed by atoms with van der Waals surface area (Å²) >= 11 is 1.45. The molecule has 1 amide bonds. The van der Waals surface area contributed by atoms with Crippen molar-refractivity contribution in [3.8, 4) is 5.75 Å². The van der Waals surface area contributed by atoms with Gasteiger partial charge < -0.3 is 19.3 Å². The molecule has 38 heavy (non-hydrogen) atoms. The van der Waals surface area contributed by atoms with E-state index >= 15 is 0 Å². The number of nitro groups is 1. The van der Waals surface area contributed by atoms with E-state index in [4.69, 9.17) is 9.47 Å². The Bertz CT molecular complexity index is 1290. The van der Waals surface area contributed by atoms with Gasteiger partial charge in [0.15, 0.2) is 6.10 Å². The highest BCUT2D eigenvalue weighted by molar-refractivity contribution is 7.99. The van der Waals surface area contributed by atoms with E-state index in [0.717, 1.165) is 16.1 Å². The van der Waals surface area contributed by atoms with Gasteiger partial charge in [0.1, 0.15) is 5.75 Å². The number of thioether (sulfide) groups is 1. The quantitative estimate of drug-likeness (QED) is 0.217. The highest BCUT2D eigenvalue weighted by atomic mass is 35.5. The molecule has 0 fully saturated rings. The monoisotopic (exact) mass is 557 g/mol. The largest absolute Gasteiger partial charge is 0.497 e. The Morgan fingerprint density at radius 3 is 2.32 bits per heavy atom. The zero-order chi connectivity index (χ0) is 26.5. The number of amides is 1. The highest BCUT2D eigenvalue weighted by Crippen LogP contribution is 2.47. The summed E-state index contributed by atoms with van der Waals surface area (Å²) in [5, 5.41) is 10.5. The molecular formula is C27H28ClN3O6S. The lowest BCUT2D eigenvalue weighted by Gasteiger charge is -2.28. The second-order valence-electron chi connectivity index (χ2n) is 8.70. The predicted octanol–water partition coefficient (Wildman–Crippen LogP) is 4.99. The van der Waals surface area contributed by atoms with Crippen LogP contribution in [0.4, 0.5) is 11.4 Å². The molecule has 200 valence electrons. The van der Waals surface area contributed by atoms with Crippen LogP contribution >= 0.6 is 24.2 Å². The lowest BCUT2D eigenvalue weighted by atomic mass is 10.1. The molecule has 9 nitrogen and oxygen atoms in total. The van der Waals surface area contributed by atoms with Crippen LogP contribution in [0.3, 0.4) is 0 Å². The number of ether oxygens (including phenoxy) is 2. The van der Waals surface area contributed by atoms with Gasteiger partial charge in [-0.15, -0.1) is 24.2 Å². The molecule has 0 N–H and O–H groups in total. The van der Waals surface area contributed by atoms with Crippen LogP contribution in [0.25, 0.3) is 0 Å². The summed E-state index contributed by atoms with van der Waals surface area (Å²) in [5.74, 6) is -0.401. The van der Waals surface area contributed by atoms with Crippen molar-refractivity contribution in [2.45, 2.75) is 16.2 Å². The Labute approximate surface area is 231 Å². The molecule has 11 heteroatoms. The molecule has 4 rings (SSSR count). The molecule has 0 saturated heterocycles. The number of non-ortho nitro benzene ring substituents is 1. The standard InChI is InChI=1S/C27H27N3O6S.ClH/c1-28(2)16-17-29-22-6-4-5-7-23(22)37-25(18-10-14-21(35-3)15-11-18)24(26(29)31)36-27(32)19-8-12-20(13-9-19)30(33)34;/h4-15,24-25H,16-17H2,1-3H3;1H/t24-,25+;/m0./s1. The molecule has 3 aromatic rings. The number of anilines is 1. The molecule has 3 aromatic carbocycles. The maximum Gasteiger partial charge on any atom is 0.338 e. The molecule has 2 atom stereocenters. The van der Waals surface area contributed by atoms with Crippen LogP contribution in [0.15, 0.2) is 77.7 Å². The van der Waals surface area contributed by atoms with Crippen LogP contribution in [-0.4, -0.2) is 62.1 Å². The second-order valence-corrected chi connectivity index (χ2v) is 9.89. The van der Waals surface area contributed by atoms with E-state index in [0.29, 0.717) is 18.8 Å². The molecule has 0 spiro atoms. The van der Waals surface area contributed by atoms with Gasteiger partial charge in [0.25, 0.3) is 11.6 Å². The SMILES string of the molecule is COc1ccc([C@H]2Sc3ccccc3N(CCN(C)C)C(=O)[C@H]2OC(=O)c2ccc([N+](=O)[O-])cc2)cc1.Cl. The van der Waals surface area contributed by atoms with Gasteiger partial charge in [0.05, 0.1) is 28.5 Å². The summed E-state index contributed by atoms with van der Waals surface area (Å²) in [5.41, 5.74) is 1.54. The molecule has 0 saturated carbocycles. The lowest BCUT2D eigenvalue weighted by Crippen LogP contribution is -2.45. The fraction of sp³-hybridized carbons (Fsp3) is 0.259. The Balaban J connectivity index is 0.00000400. The topological polar surface area (TPSA) is 102 Å². The number of hydrogen-bond acceptors (Lipinski definition) is 8. The number of carbonyl (C=O) groups is 2. The fourth-order valence-electron chi connectivity index (χ4n) is 3.96. The van der Waals surface area contributed by atoms with Gasteiger partial charge in [-0.25, -0.2) is 4.79 Å². The van der Waals surface area contributed by atoms with Crippen LogP contribution in [0, 0.1) is 10.1 Å². The number of hydrogen-bond donors (Lipinski definition) is 0. The van der Waals surface area contributed by atoms with Gasteiger partial charge in [0.2, 0.25) is 0 Å². The van der Waals surface area contributed by atoms with E-state index in [2.05, 4.69) is 0 Å². The minimum Gasteiger partial charge on any atom is -0.497 e. The first-order valence-electron chi connectivity index (χ1n) is 11.6. The summed E-state index contributed by atoms with van der Waals surface area (Å²) in [6.07, 6.45) is -1.14. The average Bonchev–Trinajstić information content (AvgIpc) is 3.01. The molecule has 0 aromatic heterocycles. The molecule has 1 heterocycles. The molecule has 1 aliphatic heterocycles. The van der Waals surface area contributed by atoms with Gasteiger partial charge in [-0.2, -0.15) is 0 Å². The van der Waals surface area contributed by atoms with Crippen molar-refractivity contribution in [1.82, 2.24) is 4.90 Å². The Morgan fingerprint density at radius 2 is 1.71 bits per heavy atom. The van der Waals surface area contributed by atoms with E-state index in [-0.39, 0.29) is 29.6 Å². The van der Waals surface area contributed by atoms with Crippen molar-refractivity contribution >= 4 is 47.4 Å². The number of esters is 1. The highest BCUT2D eigenvalue weighted by Gasteiger charge is 2.41. The Kier molecular flexibility index (Phi) is 9.73. The first-order valence-corrected chi connectivity index (χ1v) is 12.5. The fourth-order valence-corrected chi connectivity index (χ4v) is 5.28. The van der Waals surface area contributed by atoms with E-state index in [1.165, 1.54) is 36.0 Å². The van der Waals surface area contributed by atoms with Crippen LogP contribution in [0.5, 0.6) is 5.75 Å². The number of halogens is 1. The van der Waals surface area contributed by atoms with E-state index in [1.807, 2.05) is 55.4 Å². The number of fused-ring (bicyclic) bond motifs is 1. The maximum atomic E-state index is 14.0. The Hall–Kier alpha value is -3.60. The van der Waals surface area contributed by atoms with Crippen LogP contribution in [-0.2, 0) is 9.53 Å². The maximum absolute atomic E-state index is 14.0. The van der Waals surface area contributed by atoms with Crippen molar-refractivity contribution in [2.24, 2.45) is 0 Å².